The molecule has 2 aromatic carbocycles. The molecule has 2 aromatic rings. The first kappa shape index (κ1) is 15.3. The van der Waals surface area contributed by atoms with E-state index in [0.717, 1.165) is 13.0 Å². The molecule has 1 nitrogen and oxygen atoms in total. The van der Waals surface area contributed by atoms with Crippen molar-refractivity contribution in [1.29, 1.82) is 0 Å². The molecule has 1 N–H and O–H groups in total. The van der Waals surface area contributed by atoms with E-state index in [1.54, 1.807) is 11.1 Å². The second-order valence-electron chi connectivity index (χ2n) is 6.54. The largest absolute Gasteiger partial charge is 0.313 e. The maximum absolute atomic E-state index is 3.83. The molecule has 0 bridgehead atoms. The highest BCUT2D eigenvalue weighted by Gasteiger charge is 2.22. The topological polar surface area (TPSA) is 12.0 Å². The summed E-state index contributed by atoms with van der Waals surface area (Å²) in [6.45, 7) is 3.38. The number of hydrogen-bond donors (Lipinski definition) is 1. The minimum Gasteiger partial charge on any atom is -0.313 e. The van der Waals surface area contributed by atoms with E-state index in [9.17, 15) is 0 Å². The maximum Gasteiger partial charge on any atom is 0.0108 e. The van der Waals surface area contributed by atoms with E-state index in [1.165, 1.54) is 31.2 Å². The quantitative estimate of drug-likeness (QED) is 0.841. The summed E-state index contributed by atoms with van der Waals surface area (Å²) >= 11 is 0. The summed E-state index contributed by atoms with van der Waals surface area (Å²) < 4.78 is 0. The van der Waals surface area contributed by atoms with Crippen LogP contribution in [0.4, 0.5) is 0 Å². The second kappa shape index (κ2) is 7.60. The van der Waals surface area contributed by atoms with Crippen molar-refractivity contribution < 1.29 is 0 Å². The molecule has 1 aliphatic rings. The zero-order valence-electron chi connectivity index (χ0n) is 13.6. The van der Waals surface area contributed by atoms with Gasteiger partial charge in [0.2, 0.25) is 0 Å². The van der Waals surface area contributed by atoms with Crippen molar-refractivity contribution in [3.05, 3.63) is 71.3 Å². The third-order valence-corrected chi connectivity index (χ3v) is 4.85. The van der Waals surface area contributed by atoms with Gasteiger partial charge in [0, 0.05) is 18.5 Å². The standard InChI is InChI=1S/C21H27N/c1-2-3-12-20-15-18-11-7-8-13-21(18)19(16-22-20)14-17-9-5-4-6-10-17/h4-11,13,19-20,22H,2-3,12,14-16H2,1H3/t19-,20+/m0/s1. The predicted molar refractivity (Wildman–Crippen MR) is 94.3 cm³/mol. The van der Waals surface area contributed by atoms with Crippen LogP contribution in [0.2, 0.25) is 0 Å². The number of hydrogen-bond acceptors (Lipinski definition) is 1. The Morgan fingerprint density at radius 2 is 1.77 bits per heavy atom. The number of unbranched alkanes of at least 4 members (excludes halogenated alkanes) is 1. The van der Waals surface area contributed by atoms with E-state index in [4.69, 9.17) is 0 Å². The summed E-state index contributed by atoms with van der Waals surface area (Å²) in [7, 11) is 0. The average Bonchev–Trinajstić information content (AvgIpc) is 2.74. The van der Waals surface area contributed by atoms with Crippen LogP contribution in [0.5, 0.6) is 0 Å². The van der Waals surface area contributed by atoms with Gasteiger partial charge in [0.25, 0.3) is 0 Å². The first-order chi connectivity index (χ1) is 10.9. The highest BCUT2D eigenvalue weighted by Crippen LogP contribution is 2.28. The van der Waals surface area contributed by atoms with E-state index in [0.29, 0.717) is 12.0 Å². The Hall–Kier alpha value is -1.60. The molecule has 116 valence electrons. The molecule has 1 aliphatic heterocycles. The van der Waals surface area contributed by atoms with Crippen LogP contribution in [0.3, 0.4) is 0 Å². The molecule has 0 saturated heterocycles. The Balaban J connectivity index is 1.79. The molecule has 2 atom stereocenters. The van der Waals surface area contributed by atoms with Crippen molar-refractivity contribution in [1.82, 2.24) is 5.32 Å². The zero-order valence-corrected chi connectivity index (χ0v) is 13.6. The molecular weight excluding hydrogens is 266 g/mol. The van der Waals surface area contributed by atoms with Gasteiger partial charge in [0.1, 0.15) is 0 Å². The van der Waals surface area contributed by atoms with Gasteiger partial charge in [-0.05, 0) is 36.0 Å². The smallest absolute Gasteiger partial charge is 0.0108 e. The van der Waals surface area contributed by atoms with Gasteiger partial charge in [-0.3, -0.25) is 0 Å². The lowest BCUT2D eigenvalue weighted by atomic mass is 9.88. The van der Waals surface area contributed by atoms with Crippen molar-refractivity contribution in [2.75, 3.05) is 6.54 Å². The minimum atomic E-state index is 0.588. The lowest BCUT2D eigenvalue weighted by Gasteiger charge is -2.18. The SMILES string of the molecule is CCCC[C@@H]1Cc2ccccc2[C@@H](Cc2ccccc2)CN1. The van der Waals surface area contributed by atoms with E-state index in [2.05, 4.69) is 66.8 Å². The molecule has 1 heterocycles. The minimum absolute atomic E-state index is 0.588. The number of nitrogens with one attached hydrogen (secondary N) is 1. The second-order valence-corrected chi connectivity index (χ2v) is 6.54. The van der Waals surface area contributed by atoms with Crippen LogP contribution in [0.25, 0.3) is 0 Å². The van der Waals surface area contributed by atoms with Crippen molar-refractivity contribution in [3.8, 4) is 0 Å². The van der Waals surface area contributed by atoms with E-state index < -0.39 is 0 Å². The van der Waals surface area contributed by atoms with Gasteiger partial charge in [-0.25, -0.2) is 0 Å². The van der Waals surface area contributed by atoms with E-state index in [-0.39, 0.29) is 0 Å². The van der Waals surface area contributed by atoms with Crippen LogP contribution in [0.15, 0.2) is 54.6 Å². The van der Waals surface area contributed by atoms with Crippen molar-refractivity contribution in [3.63, 3.8) is 0 Å². The number of rotatable bonds is 5. The fourth-order valence-corrected chi connectivity index (χ4v) is 3.61. The summed E-state index contributed by atoms with van der Waals surface area (Å²) in [5, 5.41) is 3.83. The van der Waals surface area contributed by atoms with Crippen LogP contribution in [-0.4, -0.2) is 12.6 Å². The Kier molecular flexibility index (Phi) is 5.29. The zero-order chi connectivity index (χ0) is 15.2. The highest BCUT2D eigenvalue weighted by molar-refractivity contribution is 5.34. The molecule has 0 fully saturated rings. The summed E-state index contributed by atoms with van der Waals surface area (Å²) in [4.78, 5) is 0. The molecule has 0 saturated carbocycles. The third-order valence-electron chi connectivity index (χ3n) is 4.85. The summed E-state index contributed by atoms with van der Waals surface area (Å²) in [5.74, 6) is 0.588. The van der Waals surface area contributed by atoms with Gasteiger partial charge >= 0.3 is 0 Å². The fraction of sp³-hybridized carbons (Fsp3) is 0.429. The van der Waals surface area contributed by atoms with E-state index in [1.807, 2.05) is 0 Å². The number of fused-ring (bicyclic) bond motifs is 1. The number of benzene rings is 2. The van der Waals surface area contributed by atoms with Gasteiger partial charge < -0.3 is 5.32 Å². The summed E-state index contributed by atoms with van der Waals surface area (Å²) in [6, 6.07) is 20.6. The Labute approximate surface area is 134 Å². The lowest BCUT2D eigenvalue weighted by Crippen LogP contribution is -2.32. The fourth-order valence-electron chi connectivity index (χ4n) is 3.61. The van der Waals surface area contributed by atoms with Gasteiger partial charge in [-0.1, -0.05) is 74.4 Å². The molecule has 0 aromatic heterocycles. The molecule has 0 radical (unpaired) electrons. The third kappa shape index (κ3) is 3.78. The van der Waals surface area contributed by atoms with Crippen molar-refractivity contribution in [2.24, 2.45) is 0 Å². The van der Waals surface area contributed by atoms with Crippen LogP contribution in [0, 0.1) is 0 Å². The molecular formula is C21H27N. The molecule has 22 heavy (non-hydrogen) atoms. The molecule has 0 spiro atoms. The normalized spacial score (nSPS) is 21.1. The monoisotopic (exact) mass is 293 g/mol. The van der Waals surface area contributed by atoms with Crippen LogP contribution in [0.1, 0.15) is 48.8 Å². The van der Waals surface area contributed by atoms with Gasteiger partial charge in [-0.2, -0.15) is 0 Å². The lowest BCUT2D eigenvalue weighted by molar-refractivity contribution is 0.457. The predicted octanol–water partition coefficient (Wildman–Crippen LogP) is 4.72. The van der Waals surface area contributed by atoms with Gasteiger partial charge in [0.15, 0.2) is 0 Å². The average molecular weight is 293 g/mol. The maximum atomic E-state index is 3.83. The van der Waals surface area contributed by atoms with Crippen molar-refractivity contribution >= 4 is 0 Å². The Morgan fingerprint density at radius 1 is 1.00 bits per heavy atom. The molecule has 0 unspecified atom stereocenters. The highest BCUT2D eigenvalue weighted by atomic mass is 14.9. The Morgan fingerprint density at radius 3 is 2.59 bits per heavy atom. The summed E-state index contributed by atoms with van der Waals surface area (Å²) in [5.41, 5.74) is 4.54. The molecule has 1 heteroatoms. The van der Waals surface area contributed by atoms with Crippen LogP contribution < -0.4 is 5.32 Å². The Bertz CT molecular complexity index is 575. The van der Waals surface area contributed by atoms with E-state index >= 15 is 0 Å². The van der Waals surface area contributed by atoms with Gasteiger partial charge in [0.05, 0.1) is 0 Å². The van der Waals surface area contributed by atoms with Crippen LogP contribution in [-0.2, 0) is 12.8 Å². The molecule has 0 aliphatic carbocycles. The van der Waals surface area contributed by atoms with Gasteiger partial charge in [-0.15, -0.1) is 0 Å². The first-order valence-electron chi connectivity index (χ1n) is 8.72. The first-order valence-corrected chi connectivity index (χ1v) is 8.72. The summed E-state index contributed by atoms with van der Waals surface area (Å²) in [6.07, 6.45) is 6.21. The molecule has 0 amide bonds. The molecule has 3 rings (SSSR count). The van der Waals surface area contributed by atoms with Crippen molar-refractivity contribution in [2.45, 2.75) is 51.0 Å². The van der Waals surface area contributed by atoms with Crippen LogP contribution >= 0.6 is 0 Å².